The minimum absolute atomic E-state index is 0.172. The standard InChI is InChI=1S/C15H12Cl2N4O/c1-2-9-7-18-15(22)6-11(9)12-5-10(16)3-4-13(12)21-8-14(17)19-20-21/h3-8H,2H2,1H3,(H,18,22). The first-order valence-electron chi connectivity index (χ1n) is 6.68. The third-order valence-electron chi connectivity index (χ3n) is 3.35. The largest absolute Gasteiger partial charge is 0.329 e. The van der Waals surface area contributed by atoms with Crippen molar-refractivity contribution < 1.29 is 0 Å². The highest BCUT2D eigenvalue weighted by Crippen LogP contribution is 2.31. The molecule has 0 aliphatic heterocycles. The lowest BCUT2D eigenvalue weighted by molar-refractivity contribution is 0.804. The van der Waals surface area contributed by atoms with Crippen LogP contribution >= 0.6 is 23.2 Å². The van der Waals surface area contributed by atoms with Crippen molar-refractivity contribution >= 4 is 23.2 Å². The van der Waals surface area contributed by atoms with E-state index in [1.807, 2.05) is 13.0 Å². The van der Waals surface area contributed by atoms with Gasteiger partial charge in [-0.2, -0.15) is 0 Å². The van der Waals surface area contributed by atoms with Crippen LogP contribution in [0.4, 0.5) is 0 Å². The van der Waals surface area contributed by atoms with E-state index < -0.39 is 0 Å². The zero-order valence-corrected chi connectivity index (χ0v) is 13.2. The number of nitrogens with one attached hydrogen (secondary N) is 1. The molecule has 5 nitrogen and oxygen atoms in total. The summed E-state index contributed by atoms with van der Waals surface area (Å²) in [5.41, 5.74) is 3.21. The Labute approximate surface area is 136 Å². The monoisotopic (exact) mass is 334 g/mol. The van der Waals surface area contributed by atoms with Crippen LogP contribution in [-0.4, -0.2) is 20.0 Å². The Morgan fingerprint density at radius 1 is 1.23 bits per heavy atom. The molecular formula is C15H12Cl2N4O. The molecule has 0 atom stereocenters. The van der Waals surface area contributed by atoms with Crippen LogP contribution in [0.5, 0.6) is 0 Å². The van der Waals surface area contributed by atoms with Crippen LogP contribution < -0.4 is 5.56 Å². The van der Waals surface area contributed by atoms with Gasteiger partial charge in [0, 0.05) is 22.8 Å². The zero-order chi connectivity index (χ0) is 15.7. The third kappa shape index (κ3) is 2.77. The minimum Gasteiger partial charge on any atom is -0.329 e. The Kier molecular flexibility index (Phi) is 4.00. The Balaban J connectivity index is 2.29. The number of aryl methyl sites for hydroxylation is 1. The van der Waals surface area contributed by atoms with E-state index in [0.29, 0.717) is 10.2 Å². The summed E-state index contributed by atoms with van der Waals surface area (Å²) < 4.78 is 1.56. The normalized spacial score (nSPS) is 10.9. The van der Waals surface area contributed by atoms with Crippen LogP contribution in [0.2, 0.25) is 10.2 Å². The van der Waals surface area contributed by atoms with Gasteiger partial charge in [-0.3, -0.25) is 4.79 Å². The maximum atomic E-state index is 11.7. The lowest BCUT2D eigenvalue weighted by Crippen LogP contribution is -2.07. The second-order valence-corrected chi connectivity index (χ2v) is 5.56. The minimum atomic E-state index is -0.172. The van der Waals surface area contributed by atoms with Gasteiger partial charge in [-0.25, -0.2) is 4.68 Å². The predicted molar refractivity (Wildman–Crippen MR) is 86.8 cm³/mol. The highest BCUT2D eigenvalue weighted by Gasteiger charge is 2.13. The molecule has 0 unspecified atom stereocenters. The molecule has 0 aliphatic rings. The first kappa shape index (κ1) is 14.8. The van der Waals surface area contributed by atoms with Gasteiger partial charge in [0.15, 0.2) is 5.15 Å². The highest BCUT2D eigenvalue weighted by molar-refractivity contribution is 6.31. The summed E-state index contributed by atoms with van der Waals surface area (Å²) in [6.07, 6.45) is 4.10. The van der Waals surface area contributed by atoms with Gasteiger partial charge in [-0.15, -0.1) is 5.10 Å². The van der Waals surface area contributed by atoms with Crippen molar-refractivity contribution in [2.45, 2.75) is 13.3 Å². The van der Waals surface area contributed by atoms with E-state index in [2.05, 4.69) is 15.3 Å². The molecule has 0 bridgehead atoms. The van der Waals surface area contributed by atoms with E-state index in [1.54, 1.807) is 35.3 Å². The molecule has 1 aromatic carbocycles. The molecule has 2 heterocycles. The van der Waals surface area contributed by atoms with E-state index in [4.69, 9.17) is 23.2 Å². The van der Waals surface area contributed by atoms with Gasteiger partial charge in [0.1, 0.15) is 0 Å². The van der Waals surface area contributed by atoms with Gasteiger partial charge >= 0.3 is 0 Å². The van der Waals surface area contributed by atoms with Crippen molar-refractivity contribution in [1.29, 1.82) is 0 Å². The van der Waals surface area contributed by atoms with Crippen molar-refractivity contribution in [2.24, 2.45) is 0 Å². The molecule has 3 rings (SSSR count). The number of pyridine rings is 1. The molecule has 1 N–H and O–H groups in total. The van der Waals surface area contributed by atoms with Crippen LogP contribution in [0.3, 0.4) is 0 Å². The summed E-state index contributed by atoms with van der Waals surface area (Å²) in [6, 6.07) is 6.95. The maximum Gasteiger partial charge on any atom is 0.248 e. The van der Waals surface area contributed by atoms with Gasteiger partial charge in [0.25, 0.3) is 0 Å². The topological polar surface area (TPSA) is 63.6 Å². The molecule has 2 aromatic heterocycles. The predicted octanol–water partition coefficient (Wildman–Crippen LogP) is 3.49. The number of benzene rings is 1. The highest BCUT2D eigenvalue weighted by atomic mass is 35.5. The van der Waals surface area contributed by atoms with Gasteiger partial charge in [0.05, 0.1) is 11.9 Å². The van der Waals surface area contributed by atoms with E-state index in [1.165, 1.54) is 0 Å². The van der Waals surface area contributed by atoms with Crippen LogP contribution in [0, 0.1) is 0 Å². The summed E-state index contributed by atoms with van der Waals surface area (Å²) >= 11 is 12.0. The smallest absolute Gasteiger partial charge is 0.248 e. The van der Waals surface area contributed by atoms with Crippen molar-refractivity contribution in [1.82, 2.24) is 20.0 Å². The van der Waals surface area contributed by atoms with E-state index in [0.717, 1.165) is 28.8 Å². The fourth-order valence-electron chi connectivity index (χ4n) is 2.33. The van der Waals surface area contributed by atoms with Crippen molar-refractivity contribution in [3.05, 3.63) is 62.8 Å². The number of aromatic nitrogens is 4. The lowest BCUT2D eigenvalue weighted by Gasteiger charge is -2.13. The zero-order valence-electron chi connectivity index (χ0n) is 11.7. The molecule has 7 heteroatoms. The average molecular weight is 335 g/mol. The first-order chi connectivity index (χ1) is 10.6. The SMILES string of the molecule is CCc1c[nH]c(=O)cc1-c1cc(Cl)ccc1-n1cc(Cl)nn1. The Morgan fingerprint density at radius 3 is 2.73 bits per heavy atom. The van der Waals surface area contributed by atoms with Crippen LogP contribution in [0.25, 0.3) is 16.8 Å². The molecule has 0 amide bonds. The Morgan fingerprint density at radius 2 is 2.05 bits per heavy atom. The number of halogens is 2. The third-order valence-corrected chi connectivity index (χ3v) is 3.76. The van der Waals surface area contributed by atoms with Gasteiger partial charge in [-0.05, 0) is 35.7 Å². The fourth-order valence-corrected chi connectivity index (χ4v) is 2.63. The molecule has 112 valence electrons. The summed E-state index contributed by atoms with van der Waals surface area (Å²) in [7, 11) is 0. The second kappa shape index (κ2) is 5.94. The van der Waals surface area contributed by atoms with E-state index in [9.17, 15) is 4.79 Å². The molecule has 0 aliphatic carbocycles. The van der Waals surface area contributed by atoms with Gasteiger partial charge in [-0.1, -0.05) is 35.3 Å². The van der Waals surface area contributed by atoms with Crippen molar-refractivity contribution in [3.63, 3.8) is 0 Å². The average Bonchev–Trinajstić information content (AvgIpc) is 2.93. The van der Waals surface area contributed by atoms with E-state index in [-0.39, 0.29) is 5.56 Å². The second-order valence-electron chi connectivity index (χ2n) is 4.74. The number of hydrogen-bond acceptors (Lipinski definition) is 3. The van der Waals surface area contributed by atoms with Gasteiger partial charge < -0.3 is 4.98 Å². The molecule has 0 saturated carbocycles. The Hall–Kier alpha value is -2.11. The number of hydrogen-bond donors (Lipinski definition) is 1. The molecule has 0 saturated heterocycles. The number of rotatable bonds is 3. The van der Waals surface area contributed by atoms with Crippen LogP contribution in [0.1, 0.15) is 12.5 Å². The van der Waals surface area contributed by atoms with Gasteiger partial charge in [0.2, 0.25) is 5.56 Å². The lowest BCUT2D eigenvalue weighted by atomic mass is 9.98. The fraction of sp³-hybridized carbons (Fsp3) is 0.133. The maximum absolute atomic E-state index is 11.7. The summed E-state index contributed by atoms with van der Waals surface area (Å²) in [5.74, 6) is 0. The molecule has 3 aromatic rings. The number of nitrogens with zero attached hydrogens (tertiary/aromatic N) is 3. The molecule has 0 spiro atoms. The summed E-state index contributed by atoms with van der Waals surface area (Å²) in [4.78, 5) is 14.4. The molecule has 0 fully saturated rings. The van der Waals surface area contributed by atoms with Crippen LogP contribution in [0.15, 0.2) is 41.5 Å². The Bertz CT molecular complexity index is 885. The molecule has 22 heavy (non-hydrogen) atoms. The van der Waals surface area contributed by atoms with Crippen LogP contribution in [-0.2, 0) is 6.42 Å². The summed E-state index contributed by atoms with van der Waals surface area (Å²) in [6.45, 7) is 2.02. The quantitative estimate of drug-likeness (QED) is 0.797. The van der Waals surface area contributed by atoms with Crippen molar-refractivity contribution in [2.75, 3.05) is 0 Å². The summed E-state index contributed by atoms with van der Waals surface area (Å²) in [5, 5.41) is 8.64. The number of H-pyrrole nitrogens is 1. The van der Waals surface area contributed by atoms with E-state index >= 15 is 0 Å². The van der Waals surface area contributed by atoms with Crippen molar-refractivity contribution in [3.8, 4) is 16.8 Å². The molecule has 0 radical (unpaired) electrons. The molecular weight excluding hydrogens is 323 g/mol. The number of aromatic amines is 1. The first-order valence-corrected chi connectivity index (χ1v) is 7.44.